The van der Waals surface area contributed by atoms with Gasteiger partial charge >= 0.3 is 0 Å². The number of nitrogens with one attached hydrogen (secondary N) is 1. The van der Waals surface area contributed by atoms with Gasteiger partial charge in [-0.15, -0.1) is 11.3 Å². The molecule has 3 rings (SSSR count). The van der Waals surface area contributed by atoms with E-state index in [1.807, 2.05) is 12.1 Å². The number of hydrazone groups is 1. The highest BCUT2D eigenvalue weighted by atomic mass is 35.5. The Kier molecular flexibility index (Phi) is 4.94. The van der Waals surface area contributed by atoms with Gasteiger partial charge in [-0.25, -0.2) is 0 Å². The highest BCUT2D eigenvalue weighted by Gasteiger charge is 2.16. The Labute approximate surface area is 148 Å². The van der Waals surface area contributed by atoms with Crippen LogP contribution in [0, 0.1) is 0 Å². The number of halogens is 1. The maximum Gasteiger partial charge on any atom is 0.286 e. The molecule has 5 nitrogen and oxygen atoms in total. The number of thiophene rings is 1. The second kappa shape index (κ2) is 7.12. The van der Waals surface area contributed by atoms with E-state index >= 15 is 0 Å². The predicted molar refractivity (Wildman–Crippen MR) is 96.9 cm³/mol. The quantitative estimate of drug-likeness (QED) is 0.543. The van der Waals surface area contributed by atoms with Gasteiger partial charge in [0.25, 0.3) is 10.0 Å². The molecule has 0 bridgehead atoms. The highest BCUT2D eigenvalue weighted by molar-refractivity contribution is 7.91. The third-order valence-corrected chi connectivity index (χ3v) is 6.21. The van der Waals surface area contributed by atoms with Crippen molar-refractivity contribution >= 4 is 39.2 Å². The molecule has 0 aliphatic rings. The summed E-state index contributed by atoms with van der Waals surface area (Å²) in [6.07, 6.45) is 3.03. The number of rotatable bonds is 5. The lowest BCUT2D eigenvalue weighted by Gasteiger charge is -2.00. The van der Waals surface area contributed by atoms with E-state index < -0.39 is 10.0 Å². The Balaban J connectivity index is 1.77. The van der Waals surface area contributed by atoms with Crippen LogP contribution in [0.1, 0.15) is 5.56 Å². The van der Waals surface area contributed by atoms with Crippen LogP contribution in [-0.4, -0.2) is 19.6 Å². The van der Waals surface area contributed by atoms with Crippen LogP contribution in [0.3, 0.4) is 0 Å². The average Bonchev–Trinajstić information content (AvgIpc) is 3.08. The first-order valence-corrected chi connectivity index (χ1v) is 9.55. The minimum Gasteiger partial charge on any atom is -0.255 e. The molecule has 0 atom stereocenters. The van der Waals surface area contributed by atoms with Crippen molar-refractivity contribution in [1.29, 1.82) is 0 Å². The van der Waals surface area contributed by atoms with E-state index in [4.69, 9.17) is 11.6 Å². The molecule has 24 heavy (non-hydrogen) atoms. The molecule has 0 fully saturated rings. The van der Waals surface area contributed by atoms with Crippen molar-refractivity contribution in [3.05, 3.63) is 71.4 Å². The highest BCUT2D eigenvalue weighted by Crippen LogP contribution is 2.29. The Bertz CT molecular complexity index is 970. The molecule has 122 valence electrons. The minimum atomic E-state index is -3.73. The van der Waals surface area contributed by atoms with Crippen LogP contribution in [0.25, 0.3) is 10.6 Å². The largest absolute Gasteiger partial charge is 0.286 e. The normalized spacial score (nSPS) is 11.7. The number of pyridine rings is 1. The van der Waals surface area contributed by atoms with Crippen molar-refractivity contribution in [3.63, 3.8) is 0 Å². The molecule has 8 heteroatoms. The summed E-state index contributed by atoms with van der Waals surface area (Å²) in [5.74, 6) is 0. The number of benzene rings is 1. The van der Waals surface area contributed by atoms with Gasteiger partial charge in [0, 0.05) is 16.8 Å². The first-order chi connectivity index (χ1) is 11.6. The molecule has 0 radical (unpaired) electrons. The van der Waals surface area contributed by atoms with E-state index in [0.29, 0.717) is 10.6 Å². The smallest absolute Gasteiger partial charge is 0.255 e. The van der Waals surface area contributed by atoms with E-state index in [9.17, 15) is 8.42 Å². The van der Waals surface area contributed by atoms with Gasteiger partial charge in [-0.1, -0.05) is 35.9 Å². The Morgan fingerprint density at radius 1 is 1.08 bits per heavy atom. The Hall–Kier alpha value is -2.22. The maximum absolute atomic E-state index is 12.3. The van der Waals surface area contributed by atoms with E-state index in [1.54, 1.807) is 42.6 Å². The first kappa shape index (κ1) is 16.6. The van der Waals surface area contributed by atoms with Crippen molar-refractivity contribution in [3.8, 4) is 10.6 Å². The Morgan fingerprint density at radius 3 is 2.62 bits per heavy atom. The molecule has 1 N–H and O–H groups in total. The third-order valence-electron chi connectivity index (χ3n) is 3.05. The van der Waals surface area contributed by atoms with Crippen molar-refractivity contribution in [2.45, 2.75) is 4.21 Å². The summed E-state index contributed by atoms with van der Waals surface area (Å²) in [6.45, 7) is 0. The molecule has 2 aromatic heterocycles. The summed E-state index contributed by atoms with van der Waals surface area (Å²) in [5, 5.41) is 4.27. The topological polar surface area (TPSA) is 71.4 Å². The van der Waals surface area contributed by atoms with E-state index in [2.05, 4.69) is 14.9 Å². The minimum absolute atomic E-state index is 0.166. The number of sulfonamides is 1. The molecular formula is C16H12ClN3O2S2. The fraction of sp³-hybridized carbons (Fsp3) is 0. The molecule has 0 unspecified atom stereocenters. The first-order valence-electron chi connectivity index (χ1n) is 6.87. The molecule has 0 aliphatic carbocycles. The summed E-state index contributed by atoms with van der Waals surface area (Å²) >= 11 is 7.12. The predicted octanol–water partition coefficient (Wildman–Crippen LogP) is 3.78. The molecule has 1 aromatic carbocycles. The zero-order valence-corrected chi connectivity index (χ0v) is 14.6. The van der Waals surface area contributed by atoms with Crippen molar-refractivity contribution in [2.24, 2.45) is 5.10 Å². The van der Waals surface area contributed by atoms with Crippen LogP contribution in [-0.2, 0) is 10.0 Å². The monoisotopic (exact) mass is 377 g/mol. The van der Waals surface area contributed by atoms with Gasteiger partial charge in [0.1, 0.15) is 4.21 Å². The summed E-state index contributed by atoms with van der Waals surface area (Å²) in [7, 11) is -3.73. The molecular weight excluding hydrogens is 366 g/mol. The second-order valence-electron chi connectivity index (χ2n) is 4.71. The summed E-state index contributed by atoms with van der Waals surface area (Å²) in [5.41, 5.74) is 1.35. The summed E-state index contributed by atoms with van der Waals surface area (Å²) in [4.78, 5) is 7.17. The lowest BCUT2D eigenvalue weighted by Crippen LogP contribution is -2.17. The van der Waals surface area contributed by atoms with Gasteiger partial charge in [0.05, 0.1) is 16.8 Å². The SMILES string of the molecule is O=S(=O)(N/N=C/c1ccccc1Cl)c1ccc(-c2ccccn2)s1. The summed E-state index contributed by atoms with van der Waals surface area (Å²) in [6, 6.07) is 15.8. The van der Waals surface area contributed by atoms with Gasteiger partial charge in [0.2, 0.25) is 0 Å². The van der Waals surface area contributed by atoms with Gasteiger partial charge in [-0.3, -0.25) is 4.98 Å². The van der Waals surface area contributed by atoms with Crippen molar-refractivity contribution in [1.82, 2.24) is 9.82 Å². The zero-order chi connectivity index (χ0) is 17.0. The molecule has 3 aromatic rings. The zero-order valence-electron chi connectivity index (χ0n) is 12.3. The van der Waals surface area contributed by atoms with Crippen molar-refractivity contribution < 1.29 is 8.42 Å². The lowest BCUT2D eigenvalue weighted by molar-refractivity contribution is 0.587. The van der Waals surface area contributed by atoms with Crippen LogP contribution < -0.4 is 4.83 Å². The standard InChI is InChI=1S/C16H12ClN3O2S2/c17-13-6-2-1-5-12(13)11-19-20-24(21,22)16-9-8-15(23-16)14-7-3-4-10-18-14/h1-11,20H/b19-11+. The summed E-state index contributed by atoms with van der Waals surface area (Å²) < 4.78 is 24.7. The molecule has 2 heterocycles. The van der Waals surface area contributed by atoms with Gasteiger partial charge < -0.3 is 0 Å². The lowest BCUT2D eigenvalue weighted by atomic mass is 10.2. The molecule has 0 saturated heterocycles. The van der Waals surface area contributed by atoms with Crippen LogP contribution >= 0.6 is 22.9 Å². The molecule has 0 saturated carbocycles. The van der Waals surface area contributed by atoms with E-state index in [0.717, 1.165) is 21.9 Å². The fourth-order valence-electron chi connectivity index (χ4n) is 1.90. The number of nitrogens with zero attached hydrogens (tertiary/aromatic N) is 2. The van der Waals surface area contributed by atoms with Crippen LogP contribution in [0.5, 0.6) is 0 Å². The molecule has 0 amide bonds. The third kappa shape index (κ3) is 3.81. The van der Waals surface area contributed by atoms with Crippen LogP contribution in [0.4, 0.5) is 0 Å². The number of hydrogen-bond acceptors (Lipinski definition) is 5. The average molecular weight is 378 g/mol. The second-order valence-corrected chi connectivity index (χ2v) is 8.09. The van der Waals surface area contributed by atoms with Gasteiger partial charge in [-0.05, 0) is 30.3 Å². The van der Waals surface area contributed by atoms with Gasteiger partial charge in [0.15, 0.2) is 0 Å². The number of hydrogen-bond donors (Lipinski definition) is 1. The van der Waals surface area contributed by atoms with E-state index in [-0.39, 0.29) is 4.21 Å². The number of aromatic nitrogens is 1. The van der Waals surface area contributed by atoms with E-state index in [1.165, 1.54) is 12.3 Å². The Morgan fingerprint density at radius 2 is 1.88 bits per heavy atom. The van der Waals surface area contributed by atoms with Crippen molar-refractivity contribution in [2.75, 3.05) is 0 Å². The fourth-order valence-corrected chi connectivity index (χ4v) is 4.15. The molecule has 0 spiro atoms. The maximum atomic E-state index is 12.3. The van der Waals surface area contributed by atoms with Crippen LogP contribution in [0.2, 0.25) is 5.02 Å². The molecule has 0 aliphatic heterocycles. The van der Waals surface area contributed by atoms with Gasteiger partial charge in [-0.2, -0.15) is 18.4 Å². The van der Waals surface area contributed by atoms with Crippen LogP contribution in [0.15, 0.2) is 70.1 Å².